The number of anilines is 1. The maximum absolute atomic E-state index is 12.9. The number of carbonyl (C=O) groups is 1. The van der Waals surface area contributed by atoms with Gasteiger partial charge in [-0.05, 0) is 41.5 Å². The predicted molar refractivity (Wildman–Crippen MR) is 119 cm³/mol. The topological polar surface area (TPSA) is 97.8 Å². The Kier molecular flexibility index (Phi) is 3.67. The first-order valence-electron chi connectivity index (χ1n) is 10.2. The third-order valence-electron chi connectivity index (χ3n) is 6.19. The van der Waals surface area contributed by atoms with Crippen LogP contribution in [0.3, 0.4) is 0 Å². The monoisotopic (exact) mass is 413 g/mol. The highest BCUT2D eigenvalue weighted by Gasteiger charge is 2.30. The van der Waals surface area contributed by atoms with Crippen molar-refractivity contribution in [2.75, 3.05) is 18.0 Å². The van der Waals surface area contributed by atoms with Gasteiger partial charge in [-0.25, -0.2) is 4.79 Å². The lowest BCUT2D eigenvalue weighted by atomic mass is 10.0. The van der Waals surface area contributed by atoms with Gasteiger partial charge in [-0.15, -0.1) is 0 Å². The number of pyridine rings is 1. The Bertz CT molecular complexity index is 1470. The third kappa shape index (κ3) is 2.56. The maximum atomic E-state index is 12.9. The average Bonchev–Trinajstić information content (AvgIpc) is 3.19. The summed E-state index contributed by atoms with van der Waals surface area (Å²) in [5.41, 5.74) is 7.48. The molecule has 154 valence electrons. The molecule has 2 aliphatic rings. The fraction of sp³-hybridized carbons (Fsp3) is 0.167. The van der Waals surface area contributed by atoms with Crippen LogP contribution in [0.25, 0.3) is 27.4 Å². The summed E-state index contributed by atoms with van der Waals surface area (Å²) in [6.45, 7) is 1.49. The molecule has 31 heavy (non-hydrogen) atoms. The Labute approximate surface area is 176 Å². The van der Waals surface area contributed by atoms with Crippen molar-refractivity contribution in [1.82, 2.24) is 4.57 Å². The molecule has 6 rings (SSSR count). The molecule has 4 aromatic rings. The molecule has 1 aromatic heterocycles. The van der Waals surface area contributed by atoms with Crippen LogP contribution in [-0.2, 0) is 0 Å². The number of carboxylic acid groups (broad SMARTS) is 1. The fourth-order valence-electron chi connectivity index (χ4n) is 4.67. The van der Waals surface area contributed by atoms with E-state index >= 15 is 0 Å². The van der Waals surface area contributed by atoms with Crippen LogP contribution >= 0.6 is 0 Å². The zero-order chi connectivity index (χ0) is 21.3. The van der Waals surface area contributed by atoms with Gasteiger partial charge < -0.3 is 25.0 Å². The first-order valence-corrected chi connectivity index (χ1v) is 10.2. The SMILES string of the molecule is NC1CCN(c2ccc3c(=O)c(C(=O)O)cn4c3c2Oc2cc3ccccc3cc2-4)C1. The van der Waals surface area contributed by atoms with Crippen LogP contribution in [0.1, 0.15) is 16.8 Å². The molecule has 1 atom stereocenters. The molecule has 3 N–H and O–H groups in total. The number of carboxylic acids is 1. The van der Waals surface area contributed by atoms with Crippen LogP contribution in [0.4, 0.5) is 5.69 Å². The van der Waals surface area contributed by atoms with Gasteiger partial charge in [-0.2, -0.15) is 0 Å². The summed E-state index contributed by atoms with van der Waals surface area (Å²) in [6, 6.07) is 15.4. The molecule has 1 fully saturated rings. The van der Waals surface area contributed by atoms with E-state index in [-0.39, 0.29) is 11.6 Å². The standard InChI is InChI=1S/C24H19N3O4/c25-15-7-8-26(11-15)18-6-5-16-21-23(18)31-20-10-14-4-2-1-3-13(14)9-19(20)27(21)12-17(22(16)28)24(29)30/h1-6,9-10,12,15H,7-8,11,25H2,(H,29,30). The lowest BCUT2D eigenvalue weighted by Gasteiger charge is -2.29. The molecule has 3 aromatic carbocycles. The minimum absolute atomic E-state index is 0.0827. The molecule has 0 bridgehead atoms. The van der Waals surface area contributed by atoms with Crippen molar-refractivity contribution in [3.63, 3.8) is 0 Å². The zero-order valence-electron chi connectivity index (χ0n) is 16.5. The largest absolute Gasteiger partial charge is 0.477 e. The number of benzene rings is 3. The second-order valence-electron chi connectivity index (χ2n) is 8.12. The number of hydrogen-bond acceptors (Lipinski definition) is 5. The lowest BCUT2D eigenvalue weighted by molar-refractivity contribution is 0.0695. The maximum Gasteiger partial charge on any atom is 0.341 e. The Morgan fingerprint density at radius 3 is 2.58 bits per heavy atom. The van der Waals surface area contributed by atoms with Crippen molar-refractivity contribution >= 4 is 33.3 Å². The molecule has 2 aliphatic heterocycles. The molecular formula is C24H19N3O4. The van der Waals surface area contributed by atoms with E-state index in [1.54, 1.807) is 10.6 Å². The number of rotatable bonds is 2. The second-order valence-corrected chi connectivity index (χ2v) is 8.12. The van der Waals surface area contributed by atoms with E-state index in [2.05, 4.69) is 4.90 Å². The summed E-state index contributed by atoms with van der Waals surface area (Å²) < 4.78 is 8.18. The smallest absolute Gasteiger partial charge is 0.341 e. The van der Waals surface area contributed by atoms with Gasteiger partial charge in [0.25, 0.3) is 0 Å². The summed E-state index contributed by atoms with van der Waals surface area (Å²) in [4.78, 5) is 26.9. The highest BCUT2D eigenvalue weighted by molar-refractivity contribution is 6.00. The summed E-state index contributed by atoms with van der Waals surface area (Å²) >= 11 is 0. The predicted octanol–water partition coefficient (Wildman–Crippen LogP) is 3.49. The van der Waals surface area contributed by atoms with Crippen LogP contribution in [0.2, 0.25) is 0 Å². The van der Waals surface area contributed by atoms with Crippen LogP contribution in [0, 0.1) is 0 Å². The number of aromatic nitrogens is 1. The summed E-state index contributed by atoms with van der Waals surface area (Å²) in [7, 11) is 0. The molecule has 7 heteroatoms. The Balaban J connectivity index is 1.72. The minimum Gasteiger partial charge on any atom is -0.477 e. The van der Waals surface area contributed by atoms with Gasteiger partial charge in [0.1, 0.15) is 11.1 Å². The van der Waals surface area contributed by atoms with Crippen LogP contribution in [-0.4, -0.2) is 34.8 Å². The number of ether oxygens (including phenoxy) is 1. The molecular weight excluding hydrogens is 394 g/mol. The average molecular weight is 413 g/mol. The van der Waals surface area contributed by atoms with Crippen LogP contribution in [0.5, 0.6) is 11.5 Å². The Morgan fingerprint density at radius 2 is 1.87 bits per heavy atom. The number of fused-ring (bicyclic) bond motifs is 3. The highest BCUT2D eigenvalue weighted by Crippen LogP contribution is 2.46. The molecule has 7 nitrogen and oxygen atoms in total. The number of nitrogens with two attached hydrogens (primary N) is 1. The fourth-order valence-corrected chi connectivity index (χ4v) is 4.67. The first kappa shape index (κ1) is 18.0. The van der Waals surface area contributed by atoms with E-state index in [1.807, 2.05) is 42.5 Å². The van der Waals surface area contributed by atoms with E-state index in [0.29, 0.717) is 34.6 Å². The van der Waals surface area contributed by atoms with E-state index in [0.717, 1.165) is 29.4 Å². The number of aromatic carboxylic acids is 1. The molecule has 1 unspecified atom stereocenters. The first-order chi connectivity index (χ1) is 15.0. The number of nitrogens with zero attached hydrogens (tertiary/aromatic N) is 2. The van der Waals surface area contributed by atoms with Gasteiger partial charge >= 0.3 is 5.97 Å². The summed E-state index contributed by atoms with van der Waals surface area (Å²) in [5, 5.41) is 12.0. The molecule has 0 aliphatic carbocycles. The van der Waals surface area contributed by atoms with Gasteiger partial charge in [0.05, 0.1) is 16.8 Å². The quantitative estimate of drug-likeness (QED) is 0.460. The number of hydrogen-bond donors (Lipinski definition) is 2. The highest BCUT2D eigenvalue weighted by atomic mass is 16.5. The van der Waals surface area contributed by atoms with Crippen LogP contribution < -0.4 is 20.8 Å². The van der Waals surface area contributed by atoms with Crippen molar-refractivity contribution in [1.29, 1.82) is 0 Å². The molecule has 0 amide bonds. The van der Waals surface area contributed by atoms with Crippen molar-refractivity contribution in [3.05, 3.63) is 70.5 Å². The van der Waals surface area contributed by atoms with E-state index < -0.39 is 11.4 Å². The van der Waals surface area contributed by atoms with Gasteiger partial charge in [0, 0.05) is 25.3 Å². The lowest BCUT2D eigenvalue weighted by Crippen LogP contribution is -2.27. The van der Waals surface area contributed by atoms with Gasteiger partial charge in [-0.1, -0.05) is 24.3 Å². The van der Waals surface area contributed by atoms with E-state index in [9.17, 15) is 14.7 Å². The molecule has 3 heterocycles. The molecule has 1 saturated heterocycles. The molecule has 0 spiro atoms. The summed E-state index contributed by atoms with van der Waals surface area (Å²) in [5.74, 6) is -0.0764. The van der Waals surface area contributed by atoms with E-state index in [4.69, 9.17) is 10.5 Å². The van der Waals surface area contributed by atoms with Gasteiger partial charge in [-0.3, -0.25) is 4.79 Å². The molecule has 0 saturated carbocycles. The zero-order valence-corrected chi connectivity index (χ0v) is 16.5. The van der Waals surface area contributed by atoms with Gasteiger partial charge in [0.15, 0.2) is 11.5 Å². The van der Waals surface area contributed by atoms with Gasteiger partial charge in [0.2, 0.25) is 5.43 Å². The van der Waals surface area contributed by atoms with Crippen molar-refractivity contribution in [2.24, 2.45) is 5.73 Å². The summed E-state index contributed by atoms with van der Waals surface area (Å²) in [6.07, 6.45) is 2.29. The Morgan fingerprint density at radius 1 is 1.10 bits per heavy atom. The van der Waals surface area contributed by atoms with Crippen molar-refractivity contribution in [2.45, 2.75) is 12.5 Å². The minimum atomic E-state index is -1.25. The normalized spacial score (nSPS) is 17.1. The third-order valence-corrected chi connectivity index (χ3v) is 6.19. The van der Waals surface area contributed by atoms with Crippen LogP contribution in [0.15, 0.2) is 59.5 Å². The second kappa shape index (κ2) is 6.33. The van der Waals surface area contributed by atoms with E-state index in [1.165, 1.54) is 6.20 Å². The van der Waals surface area contributed by atoms with Crippen molar-refractivity contribution < 1.29 is 14.6 Å². The molecule has 0 radical (unpaired) electrons. The van der Waals surface area contributed by atoms with Crippen molar-refractivity contribution in [3.8, 4) is 17.2 Å². The Hall–Kier alpha value is -3.84.